The van der Waals surface area contributed by atoms with Gasteiger partial charge in [-0.15, -0.1) is 0 Å². The number of para-hydroxylation sites is 1. The van der Waals surface area contributed by atoms with Gasteiger partial charge in [0.1, 0.15) is 11.3 Å². The Labute approximate surface area is 140 Å². The maximum Gasteiger partial charge on any atom is 0.881 e. The van der Waals surface area contributed by atoms with Gasteiger partial charge in [-0.2, -0.15) is 0 Å². The van der Waals surface area contributed by atoms with Crippen LogP contribution in [-0.2, 0) is 0 Å². The topological polar surface area (TPSA) is 31.4 Å². The van der Waals surface area contributed by atoms with E-state index < -0.39 is 15.9 Å². The number of hydrogen-bond acceptors (Lipinski definition) is 3. The van der Waals surface area contributed by atoms with E-state index in [9.17, 15) is 0 Å². The number of rotatable bonds is 4. The predicted molar refractivity (Wildman–Crippen MR) is 92.7 cm³/mol. The van der Waals surface area contributed by atoms with E-state index in [0.29, 0.717) is 0 Å². The highest BCUT2D eigenvalue weighted by molar-refractivity contribution is 6.22. The van der Waals surface area contributed by atoms with E-state index in [1.807, 2.05) is 54.6 Å². The largest absolute Gasteiger partial charge is 0.881 e. The Kier molecular flexibility index (Phi) is 3.85. The van der Waals surface area contributed by atoms with Crippen LogP contribution in [0.15, 0.2) is 79.0 Å². The van der Waals surface area contributed by atoms with Crippen LogP contribution < -0.4 is 7.58 Å². The molecule has 1 aromatic heterocycles. The zero-order valence-corrected chi connectivity index (χ0v) is 13.5. The molecular formula is C19H13AlNO2. The van der Waals surface area contributed by atoms with Crippen LogP contribution in [0.25, 0.3) is 21.7 Å². The molecule has 1 heterocycles. The van der Waals surface area contributed by atoms with Crippen molar-refractivity contribution in [2.24, 2.45) is 0 Å². The number of pyridine rings is 1. The SMILES string of the molecule is c1ccc2c([O][Al][O]c3cccc4cccnc34)cccc2c1. The van der Waals surface area contributed by atoms with Gasteiger partial charge >= 0.3 is 15.9 Å². The molecule has 4 heteroatoms. The second-order valence-corrected chi connectivity index (χ2v) is 5.80. The zero-order valence-electron chi connectivity index (χ0n) is 12.3. The van der Waals surface area contributed by atoms with Crippen molar-refractivity contribution in [1.82, 2.24) is 4.98 Å². The maximum atomic E-state index is 5.91. The average molecular weight is 314 g/mol. The minimum Gasteiger partial charge on any atom is -0.615 e. The van der Waals surface area contributed by atoms with E-state index in [0.717, 1.165) is 33.2 Å². The van der Waals surface area contributed by atoms with Crippen LogP contribution in [0.4, 0.5) is 0 Å². The van der Waals surface area contributed by atoms with Gasteiger partial charge in [0.25, 0.3) is 0 Å². The summed E-state index contributed by atoms with van der Waals surface area (Å²) in [5.74, 6) is 1.62. The van der Waals surface area contributed by atoms with E-state index in [4.69, 9.17) is 7.58 Å². The fourth-order valence-electron chi connectivity index (χ4n) is 2.60. The molecule has 0 fully saturated rings. The second kappa shape index (κ2) is 6.30. The molecule has 0 aliphatic rings. The van der Waals surface area contributed by atoms with Gasteiger partial charge < -0.3 is 7.58 Å². The molecule has 0 unspecified atom stereocenters. The van der Waals surface area contributed by atoms with Crippen molar-refractivity contribution < 1.29 is 7.58 Å². The lowest BCUT2D eigenvalue weighted by molar-refractivity contribution is 0.464. The molecule has 0 atom stereocenters. The lowest BCUT2D eigenvalue weighted by atomic mass is 10.1. The van der Waals surface area contributed by atoms with Gasteiger partial charge in [0.2, 0.25) is 0 Å². The fraction of sp³-hybridized carbons (Fsp3) is 0. The highest BCUT2D eigenvalue weighted by Gasteiger charge is 2.10. The van der Waals surface area contributed by atoms with E-state index in [-0.39, 0.29) is 0 Å². The van der Waals surface area contributed by atoms with Crippen molar-refractivity contribution in [3.63, 3.8) is 0 Å². The maximum absolute atomic E-state index is 5.91. The summed E-state index contributed by atoms with van der Waals surface area (Å²) in [6.07, 6.45) is 1.77. The fourth-order valence-corrected chi connectivity index (χ4v) is 3.25. The molecule has 23 heavy (non-hydrogen) atoms. The molecular weight excluding hydrogens is 301 g/mol. The van der Waals surface area contributed by atoms with E-state index in [2.05, 4.69) is 23.2 Å². The molecule has 0 spiro atoms. The van der Waals surface area contributed by atoms with Gasteiger partial charge in [-0.05, 0) is 23.6 Å². The first kappa shape index (κ1) is 14.1. The van der Waals surface area contributed by atoms with Crippen molar-refractivity contribution in [3.8, 4) is 11.5 Å². The third kappa shape index (κ3) is 2.87. The average Bonchev–Trinajstić information content (AvgIpc) is 2.62. The van der Waals surface area contributed by atoms with Crippen molar-refractivity contribution in [2.45, 2.75) is 0 Å². The Balaban J connectivity index is 1.55. The van der Waals surface area contributed by atoms with Crippen molar-refractivity contribution in [2.75, 3.05) is 0 Å². The van der Waals surface area contributed by atoms with E-state index >= 15 is 0 Å². The molecule has 0 aliphatic carbocycles. The monoisotopic (exact) mass is 314 g/mol. The van der Waals surface area contributed by atoms with Crippen molar-refractivity contribution >= 4 is 37.6 Å². The first-order valence-electron chi connectivity index (χ1n) is 7.38. The van der Waals surface area contributed by atoms with Crippen LogP contribution in [0.2, 0.25) is 0 Å². The number of aromatic nitrogens is 1. The molecule has 0 saturated heterocycles. The lowest BCUT2D eigenvalue weighted by Gasteiger charge is -2.11. The van der Waals surface area contributed by atoms with Crippen LogP contribution in [0.5, 0.6) is 11.5 Å². The highest BCUT2D eigenvalue weighted by Crippen LogP contribution is 2.26. The molecule has 3 aromatic carbocycles. The van der Waals surface area contributed by atoms with Gasteiger partial charge in [0.05, 0.1) is 5.75 Å². The third-order valence-corrected chi connectivity index (χ3v) is 4.40. The summed E-state index contributed by atoms with van der Waals surface area (Å²) in [5, 5.41) is 3.33. The first-order valence-corrected chi connectivity index (χ1v) is 8.32. The van der Waals surface area contributed by atoms with E-state index in [1.54, 1.807) is 6.20 Å². The van der Waals surface area contributed by atoms with Crippen LogP contribution in [0.1, 0.15) is 0 Å². The second-order valence-electron chi connectivity index (χ2n) is 5.14. The van der Waals surface area contributed by atoms with Gasteiger partial charge in [-0.3, -0.25) is 4.98 Å². The number of benzene rings is 3. The lowest BCUT2D eigenvalue weighted by Crippen LogP contribution is -2.11. The van der Waals surface area contributed by atoms with Crippen LogP contribution >= 0.6 is 0 Å². The van der Waals surface area contributed by atoms with Crippen LogP contribution in [-0.4, -0.2) is 20.9 Å². The van der Waals surface area contributed by atoms with Crippen molar-refractivity contribution in [3.05, 3.63) is 79.0 Å². The molecule has 1 radical (unpaired) electrons. The van der Waals surface area contributed by atoms with Crippen LogP contribution in [0.3, 0.4) is 0 Å². The minimum absolute atomic E-state index is 0.664. The van der Waals surface area contributed by atoms with Gasteiger partial charge in [0.15, 0.2) is 0 Å². The smallest absolute Gasteiger partial charge is 0.615 e. The Hall–Kier alpha value is -2.54. The summed E-state index contributed by atoms with van der Waals surface area (Å²) in [4.78, 5) is 4.39. The Morgan fingerprint density at radius 1 is 0.652 bits per heavy atom. The number of hydrogen-bond donors (Lipinski definition) is 0. The Morgan fingerprint density at radius 3 is 2.30 bits per heavy atom. The molecule has 0 amide bonds. The number of nitrogens with zero attached hydrogens (tertiary/aromatic N) is 1. The Morgan fingerprint density at radius 2 is 1.35 bits per heavy atom. The number of fused-ring (bicyclic) bond motifs is 2. The molecule has 0 N–H and O–H groups in total. The van der Waals surface area contributed by atoms with Gasteiger partial charge in [-0.25, -0.2) is 0 Å². The predicted octanol–water partition coefficient (Wildman–Crippen LogP) is 4.38. The summed E-state index contributed by atoms with van der Waals surface area (Å²) in [5.41, 5.74) is 0.865. The van der Waals surface area contributed by atoms with Crippen molar-refractivity contribution in [1.29, 1.82) is 0 Å². The molecule has 4 aromatic rings. The molecule has 0 bridgehead atoms. The summed E-state index contributed by atoms with van der Waals surface area (Å²) in [6.45, 7) is 0. The third-order valence-electron chi connectivity index (χ3n) is 3.70. The molecule has 109 valence electrons. The molecule has 4 rings (SSSR count). The van der Waals surface area contributed by atoms with Crippen LogP contribution in [0, 0.1) is 0 Å². The summed E-state index contributed by atoms with van der Waals surface area (Å²) >= 11 is -0.664. The normalized spacial score (nSPS) is 10.6. The highest BCUT2D eigenvalue weighted by atomic mass is 27.2. The summed E-state index contributed by atoms with van der Waals surface area (Å²) < 4.78 is 11.8. The summed E-state index contributed by atoms with van der Waals surface area (Å²) in [6, 6.07) is 24.1. The molecule has 3 nitrogen and oxygen atoms in total. The Bertz CT molecular complexity index is 881. The summed E-state index contributed by atoms with van der Waals surface area (Å²) in [7, 11) is 0. The minimum atomic E-state index is -0.664. The van der Waals surface area contributed by atoms with Gasteiger partial charge in [-0.1, -0.05) is 54.6 Å². The quantitative estimate of drug-likeness (QED) is 0.524. The standard InChI is InChI=1S/C10H8O.C9H7NO.Al/c11-10-7-3-5-8-4-1-2-6-9(8)10;11-8-5-1-3-7-4-2-6-10-9(7)8;/h1-7,11H;1-6,11H;/q;;+2/p-2. The van der Waals surface area contributed by atoms with E-state index in [1.165, 1.54) is 0 Å². The zero-order chi connectivity index (χ0) is 15.5. The first-order chi connectivity index (χ1) is 11.4. The van der Waals surface area contributed by atoms with Gasteiger partial charge in [0, 0.05) is 17.0 Å². The molecule has 0 saturated carbocycles. The molecule has 0 aliphatic heterocycles.